The smallest absolute Gasteiger partial charge is 0.255 e. The highest BCUT2D eigenvalue weighted by atomic mass is 16.1. The number of aryl methyl sites for hydroxylation is 1. The normalized spacial score (nSPS) is 10.8. The van der Waals surface area contributed by atoms with Crippen molar-refractivity contribution in [3.05, 3.63) is 78.1 Å². The van der Waals surface area contributed by atoms with Gasteiger partial charge in [0.1, 0.15) is 5.82 Å². The first-order valence-electron chi connectivity index (χ1n) is 7.98. The van der Waals surface area contributed by atoms with Gasteiger partial charge in [-0.1, -0.05) is 30.3 Å². The number of carbonyl (C=O) groups is 1. The predicted octanol–water partition coefficient (Wildman–Crippen LogP) is 4.19. The summed E-state index contributed by atoms with van der Waals surface area (Å²) in [7, 11) is 0. The van der Waals surface area contributed by atoms with Gasteiger partial charge in [-0.15, -0.1) is 0 Å². The summed E-state index contributed by atoms with van der Waals surface area (Å²) < 4.78 is 0. The van der Waals surface area contributed by atoms with Gasteiger partial charge < -0.3 is 10.3 Å². The van der Waals surface area contributed by atoms with Gasteiger partial charge in [-0.05, 0) is 37.3 Å². The van der Waals surface area contributed by atoms with Crippen LogP contribution in [-0.2, 0) is 0 Å². The number of aromatic amines is 1. The van der Waals surface area contributed by atoms with Crippen LogP contribution in [0, 0.1) is 6.92 Å². The van der Waals surface area contributed by atoms with Crippen LogP contribution in [-0.4, -0.2) is 20.9 Å². The fraction of sp³-hybridized carbons (Fsp3) is 0.0500. The van der Waals surface area contributed by atoms with E-state index >= 15 is 0 Å². The molecule has 0 aliphatic rings. The summed E-state index contributed by atoms with van der Waals surface area (Å²) in [5.74, 6) is 0.626. The largest absolute Gasteiger partial charge is 0.338 e. The zero-order valence-electron chi connectivity index (χ0n) is 13.7. The van der Waals surface area contributed by atoms with Gasteiger partial charge in [0.2, 0.25) is 0 Å². The molecule has 4 aromatic rings. The SMILES string of the molecule is Cc1cc(NC(=O)c2ccc3nc(-c4ccccc4)[nH]c3c2)ccn1. The van der Waals surface area contributed by atoms with Gasteiger partial charge in [-0.2, -0.15) is 0 Å². The Morgan fingerprint density at radius 2 is 1.88 bits per heavy atom. The number of hydrogen-bond acceptors (Lipinski definition) is 3. The summed E-state index contributed by atoms with van der Waals surface area (Å²) in [6.45, 7) is 1.89. The molecule has 122 valence electrons. The van der Waals surface area contributed by atoms with Gasteiger partial charge in [0.25, 0.3) is 5.91 Å². The molecule has 0 saturated heterocycles. The Morgan fingerprint density at radius 3 is 2.68 bits per heavy atom. The molecule has 2 aromatic heterocycles. The Kier molecular flexibility index (Phi) is 3.74. The first-order valence-corrected chi connectivity index (χ1v) is 7.98. The van der Waals surface area contributed by atoms with Crippen LogP contribution in [0.1, 0.15) is 16.1 Å². The number of anilines is 1. The van der Waals surface area contributed by atoms with Gasteiger partial charge in [0, 0.05) is 28.7 Å². The van der Waals surface area contributed by atoms with E-state index in [0.29, 0.717) is 5.56 Å². The number of nitrogens with zero attached hydrogens (tertiary/aromatic N) is 2. The van der Waals surface area contributed by atoms with Crippen molar-refractivity contribution in [2.24, 2.45) is 0 Å². The number of aromatic nitrogens is 3. The predicted molar refractivity (Wildman–Crippen MR) is 98.5 cm³/mol. The first-order chi connectivity index (χ1) is 12.2. The highest BCUT2D eigenvalue weighted by Crippen LogP contribution is 2.21. The van der Waals surface area contributed by atoms with Crippen molar-refractivity contribution in [3.8, 4) is 11.4 Å². The fourth-order valence-electron chi connectivity index (χ4n) is 2.71. The van der Waals surface area contributed by atoms with Crippen molar-refractivity contribution in [1.29, 1.82) is 0 Å². The monoisotopic (exact) mass is 328 g/mol. The Balaban J connectivity index is 1.63. The minimum Gasteiger partial charge on any atom is -0.338 e. The summed E-state index contributed by atoms with van der Waals surface area (Å²) in [4.78, 5) is 24.5. The fourth-order valence-corrected chi connectivity index (χ4v) is 2.71. The Labute approximate surface area is 144 Å². The molecule has 1 amide bonds. The molecule has 2 aromatic carbocycles. The lowest BCUT2D eigenvalue weighted by Crippen LogP contribution is -2.11. The van der Waals surface area contributed by atoms with Crippen LogP contribution in [0.3, 0.4) is 0 Å². The zero-order valence-corrected chi connectivity index (χ0v) is 13.7. The minimum atomic E-state index is -0.164. The molecule has 4 rings (SSSR count). The van der Waals surface area contributed by atoms with Crippen molar-refractivity contribution in [3.63, 3.8) is 0 Å². The van der Waals surface area contributed by atoms with E-state index in [2.05, 4.69) is 20.3 Å². The highest BCUT2D eigenvalue weighted by Gasteiger charge is 2.10. The molecule has 0 bridgehead atoms. The lowest BCUT2D eigenvalue weighted by Gasteiger charge is -2.05. The lowest BCUT2D eigenvalue weighted by atomic mass is 10.2. The standard InChI is InChI=1S/C20H16N4O/c1-13-11-16(9-10-21-13)22-20(25)15-7-8-17-18(12-15)24-19(23-17)14-5-3-2-4-6-14/h2-12H,1H3,(H,23,24)(H,21,22,25). The molecule has 25 heavy (non-hydrogen) atoms. The van der Waals surface area contributed by atoms with Gasteiger partial charge in [-0.3, -0.25) is 9.78 Å². The Hall–Kier alpha value is -3.47. The third-order valence-corrected chi connectivity index (χ3v) is 3.95. The van der Waals surface area contributed by atoms with E-state index < -0.39 is 0 Å². The molecule has 0 radical (unpaired) electrons. The van der Waals surface area contributed by atoms with E-state index in [1.165, 1.54) is 0 Å². The number of rotatable bonds is 3. The zero-order chi connectivity index (χ0) is 17.2. The summed E-state index contributed by atoms with van der Waals surface area (Å²) in [6.07, 6.45) is 1.68. The molecule has 0 atom stereocenters. The van der Waals surface area contributed by atoms with E-state index in [1.54, 1.807) is 18.3 Å². The minimum absolute atomic E-state index is 0.164. The number of pyridine rings is 1. The van der Waals surface area contributed by atoms with Gasteiger partial charge in [0.15, 0.2) is 0 Å². The summed E-state index contributed by atoms with van der Waals surface area (Å²) >= 11 is 0. The maximum absolute atomic E-state index is 12.5. The van der Waals surface area contributed by atoms with E-state index in [4.69, 9.17) is 0 Å². The third-order valence-electron chi connectivity index (χ3n) is 3.95. The van der Waals surface area contributed by atoms with Crippen molar-refractivity contribution in [2.45, 2.75) is 6.92 Å². The number of nitrogens with one attached hydrogen (secondary N) is 2. The second kappa shape index (κ2) is 6.20. The van der Waals surface area contributed by atoms with E-state index in [0.717, 1.165) is 33.8 Å². The molecule has 5 heteroatoms. The highest BCUT2D eigenvalue weighted by molar-refractivity contribution is 6.06. The van der Waals surface area contributed by atoms with Crippen molar-refractivity contribution in [1.82, 2.24) is 15.0 Å². The van der Waals surface area contributed by atoms with Crippen molar-refractivity contribution >= 4 is 22.6 Å². The molecule has 0 fully saturated rings. The number of fused-ring (bicyclic) bond motifs is 1. The van der Waals surface area contributed by atoms with Crippen LogP contribution in [0.2, 0.25) is 0 Å². The lowest BCUT2D eigenvalue weighted by molar-refractivity contribution is 0.102. The van der Waals surface area contributed by atoms with Crippen LogP contribution in [0.4, 0.5) is 5.69 Å². The van der Waals surface area contributed by atoms with Gasteiger partial charge in [-0.25, -0.2) is 4.98 Å². The van der Waals surface area contributed by atoms with Gasteiger partial charge in [0.05, 0.1) is 11.0 Å². The van der Waals surface area contributed by atoms with Crippen LogP contribution < -0.4 is 5.32 Å². The molecular weight excluding hydrogens is 312 g/mol. The molecule has 2 N–H and O–H groups in total. The van der Waals surface area contributed by atoms with Crippen LogP contribution in [0.25, 0.3) is 22.4 Å². The quantitative estimate of drug-likeness (QED) is 0.592. The molecule has 0 unspecified atom stereocenters. The maximum atomic E-state index is 12.5. The molecule has 0 spiro atoms. The molecule has 0 aliphatic carbocycles. The molecule has 0 saturated carbocycles. The van der Waals surface area contributed by atoms with E-state index in [1.807, 2.05) is 55.5 Å². The second-order valence-corrected chi connectivity index (χ2v) is 5.82. The number of H-pyrrole nitrogens is 1. The average Bonchev–Trinajstić information content (AvgIpc) is 3.06. The van der Waals surface area contributed by atoms with Gasteiger partial charge >= 0.3 is 0 Å². The third kappa shape index (κ3) is 3.12. The Bertz CT molecular complexity index is 1050. The van der Waals surface area contributed by atoms with Crippen LogP contribution in [0.5, 0.6) is 0 Å². The van der Waals surface area contributed by atoms with Crippen molar-refractivity contribution in [2.75, 3.05) is 5.32 Å². The number of hydrogen-bond donors (Lipinski definition) is 2. The van der Waals surface area contributed by atoms with Crippen LogP contribution in [0.15, 0.2) is 66.9 Å². The van der Waals surface area contributed by atoms with E-state index in [-0.39, 0.29) is 5.91 Å². The molecular formula is C20H16N4O. The van der Waals surface area contributed by atoms with Crippen LogP contribution >= 0.6 is 0 Å². The number of imidazole rings is 1. The summed E-state index contributed by atoms with van der Waals surface area (Å²) in [6, 6.07) is 19.0. The van der Waals surface area contributed by atoms with Crippen molar-refractivity contribution < 1.29 is 4.79 Å². The number of carbonyl (C=O) groups excluding carboxylic acids is 1. The second-order valence-electron chi connectivity index (χ2n) is 5.82. The molecule has 5 nitrogen and oxygen atoms in total. The summed E-state index contributed by atoms with van der Waals surface area (Å²) in [5.41, 5.74) is 4.83. The maximum Gasteiger partial charge on any atom is 0.255 e. The van der Waals surface area contributed by atoms with E-state index in [9.17, 15) is 4.79 Å². The average molecular weight is 328 g/mol. The Morgan fingerprint density at radius 1 is 1.04 bits per heavy atom. The molecule has 2 heterocycles. The number of amides is 1. The number of benzene rings is 2. The topological polar surface area (TPSA) is 70.7 Å². The summed E-state index contributed by atoms with van der Waals surface area (Å²) in [5, 5.41) is 2.89. The molecule has 0 aliphatic heterocycles. The first kappa shape index (κ1) is 15.1.